The summed E-state index contributed by atoms with van der Waals surface area (Å²) in [5.74, 6) is 0.220. The van der Waals surface area contributed by atoms with Crippen molar-refractivity contribution in [2.24, 2.45) is 0 Å². The topological polar surface area (TPSA) is 58.6 Å². The Hall–Kier alpha value is -3.16. The third-order valence-corrected chi connectivity index (χ3v) is 8.70. The molecule has 2 amide bonds. The molecule has 4 aromatic carbocycles. The lowest BCUT2D eigenvalue weighted by Gasteiger charge is -2.32. The lowest BCUT2D eigenvalue weighted by Crippen LogP contribution is -2.53. The van der Waals surface area contributed by atoms with Gasteiger partial charge in [0.25, 0.3) is 5.91 Å². The predicted octanol–water partition coefficient (Wildman–Crippen LogP) is 7.44. The minimum atomic E-state index is -0.682. The normalized spacial score (nSPS) is 14.2. The van der Waals surface area contributed by atoms with Gasteiger partial charge in [-0.1, -0.05) is 102 Å². The van der Waals surface area contributed by atoms with Crippen LogP contribution in [0.4, 0.5) is 0 Å². The fourth-order valence-corrected chi connectivity index (χ4v) is 6.36. The molecule has 1 aliphatic rings. The molecule has 1 atom stereocenters. The molecule has 1 unspecified atom stereocenters. The van der Waals surface area contributed by atoms with Crippen LogP contribution in [0.25, 0.3) is 10.8 Å². The van der Waals surface area contributed by atoms with E-state index in [9.17, 15) is 9.59 Å². The highest BCUT2D eigenvalue weighted by molar-refractivity contribution is 9.11. The summed E-state index contributed by atoms with van der Waals surface area (Å²) in [5, 5.41) is 5.33. The molecule has 0 heterocycles. The van der Waals surface area contributed by atoms with Crippen LogP contribution in [0.2, 0.25) is 0 Å². The first-order valence-corrected chi connectivity index (χ1v) is 15.2. The first-order chi connectivity index (χ1) is 19.5. The van der Waals surface area contributed by atoms with Crippen molar-refractivity contribution in [3.05, 3.63) is 111 Å². The maximum atomic E-state index is 13.9. The maximum Gasteiger partial charge on any atom is 0.261 e. The van der Waals surface area contributed by atoms with Crippen LogP contribution < -0.4 is 10.1 Å². The number of fused-ring (bicyclic) bond motifs is 1. The number of ether oxygens (including phenoxy) is 1. The smallest absolute Gasteiger partial charge is 0.261 e. The second-order valence-corrected chi connectivity index (χ2v) is 11.9. The van der Waals surface area contributed by atoms with Crippen LogP contribution in [-0.4, -0.2) is 35.4 Å². The average Bonchev–Trinajstić information content (AvgIpc) is 3.48. The molecular formula is C33H32Br2N2O3. The minimum Gasteiger partial charge on any atom is -0.483 e. The molecular weight excluding hydrogens is 632 g/mol. The van der Waals surface area contributed by atoms with Gasteiger partial charge in [0.2, 0.25) is 5.91 Å². The van der Waals surface area contributed by atoms with Crippen LogP contribution in [0.1, 0.15) is 36.8 Å². The van der Waals surface area contributed by atoms with E-state index in [1.165, 1.54) is 0 Å². The third kappa shape index (κ3) is 7.12. The number of hydrogen-bond donors (Lipinski definition) is 1. The van der Waals surface area contributed by atoms with Crippen molar-refractivity contribution in [2.75, 3.05) is 6.61 Å². The van der Waals surface area contributed by atoms with Gasteiger partial charge >= 0.3 is 0 Å². The zero-order valence-electron chi connectivity index (χ0n) is 22.2. The van der Waals surface area contributed by atoms with Gasteiger partial charge in [0.15, 0.2) is 6.61 Å². The molecule has 40 heavy (non-hydrogen) atoms. The number of amides is 2. The Morgan fingerprint density at radius 2 is 1.60 bits per heavy atom. The monoisotopic (exact) mass is 662 g/mol. The largest absolute Gasteiger partial charge is 0.483 e. The zero-order chi connectivity index (χ0) is 27.9. The molecule has 1 N–H and O–H groups in total. The van der Waals surface area contributed by atoms with E-state index in [0.717, 1.165) is 56.5 Å². The number of rotatable bonds is 10. The van der Waals surface area contributed by atoms with Gasteiger partial charge in [0.1, 0.15) is 11.8 Å². The summed E-state index contributed by atoms with van der Waals surface area (Å²) < 4.78 is 7.81. The zero-order valence-corrected chi connectivity index (χ0v) is 25.4. The Labute approximate surface area is 252 Å². The van der Waals surface area contributed by atoms with Crippen molar-refractivity contribution < 1.29 is 14.3 Å². The van der Waals surface area contributed by atoms with Crippen LogP contribution in [0, 0.1) is 0 Å². The van der Waals surface area contributed by atoms with E-state index in [4.69, 9.17) is 4.74 Å². The number of nitrogens with one attached hydrogen (secondary N) is 1. The summed E-state index contributed by atoms with van der Waals surface area (Å²) in [6.45, 7) is 0.100. The van der Waals surface area contributed by atoms with Crippen molar-refractivity contribution in [1.82, 2.24) is 10.2 Å². The maximum absolute atomic E-state index is 13.9. The number of hydrogen-bond acceptors (Lipinski definition) is 3. The molecule has 0 aliphatic heterocycles. The van der Waals surface area contributed by atoms with Crippen molar-refractivity contribution in [3.8, 4) is 5.75 Å². The van der Waals surface area contributed by atoms with Crippen molar-refractivity contribution in [2.45, 2.75) is 50.7 Å². The Balaban J connectivity index is 1.43. The molecule has 7 heteroatoms. The molecule has 4 aromatic rings. The van der Waals surface area contributed by atoms with E-state index in [-0.39, 0.29) is 31.0 Å². The highest BCUT2D eigenvalue weighted by Crippen LogP contribution is 2.33. The van der Waals surface area contributed by atoms with Gasteiger partial charge < -0.3 is 15.0 Å². The van der Waals surface area contributed by atoms with Crippen molar-refractivity contribution in [1.29, 1.82) is 0 Å². The molecule has 0 radical (unpaired) electrons. The van der Waals surface area contributed by atoms with E-state index < -0.39 is 6.04 Å². The molecule has 5 rings (SSSR count). The van der Waals surface area contributed by atoms with Gasteiger partial charge in [0.05, 0.1) is 4.47 Å². The van der Waals surface area contributed by atoms with Gasteiger partial charge in [-0.25, -0.2) is 0 Å². The van der Waals surface area contributed by atoms with E-state index in [2.05, 4.69) is 37.2 Å². The fourth-order valence-electron chi connectivity index (χ4n) is 5.30. The summed E-state index contributed by atoms with van der Waals surface area (Å²) in [6, 6.07) is 29.0. The van der Waals surface area contributed by atoms with Crippen molar-refractivity contribution >= 4 is 54.4 Å². The molecule has 1 fully saturated rings. The summed E-state index contributed by atoms with van der Waals surface area (Å²) in [5.41, 5.74) is 1.93. The minimum absolute atomic E-state index is 0.119. The van der Waals surface area contributed by atoms with Gasteiger partial charge in [-0.15, -0.1) is 0 Å². The van der Waals surface area contributed by atoms with E-state index in [1.54, 1.807) is 4.90 Å². The molecule has 206 valence electrons. The van der Waals surface area contributed by atoms with Gasteiger partial charge in [0, 0.05) is 23.5 Å². The first-order valence-electron chi connectivity index (χ1n) is 13.7. The number of halogens is 2. The Kier molecular flexibility index (Phi) is 9.55. The van der Waals surface area contributed by atoms with Crippen molar-refractivity contribution in [3.63, 3.8) is 0 Å². The second kappa shape index (κ2) is 13.5. The number of carbonyl (C=O) groups is 2. The number of benzene rings is 4. The van der Waals surface area contributed by atoms with Gasteiger partial charge in [-0.05, 0) is 68.9 Å². The second-order valence-electron chi connectivity index (χ2n) is 10.2. The lowest BCUT2D eigenvalue weighted by atomic mass is 10.0. The van der Waals surface area contributed by atoms with E-state index >= 15 is 0 Å². The summed E-state index contributed by atoms with van der Waals surface area (Å²) in [7, 11) is 0. The van der Waals surface area contributed by atoms with Gasteiger partial charge in [-0.3, -0.25) is 9.59 Å². The fraction of sp³-hybridized carbons (Fsp3) is 0.273. The predicted molar refractivity (Wildman–Crippen MR) is 166 cm³/mol. The molecule has 0 aromatic heterocycles. The molecule has 1 saturated carbocycles. The Bertz CT molecular complexity index is 1470. The van der Waals surface area contributed by atoms with E-state index in [1.807, 2.05) is 91.0 Å². The van der Waals surface area contributed by atoms with Crippen LogP contribution in [0.15, 0.2) is 99.9 Å². The third-order valence-electron chi connectivity index (χ3n) is 7.39. The number of nitrogens with zero attached hydrogens (tertiary/aromatic N) is 1. The highest BCUT2D eigenvalue weighted by Gasteiger charge is 2.32. The molecule has 5 nitrogen and oxygen atoms in total. The average molecular weight is 664 g/mol. The van der Waals surface area contributed by atoms with Gasteiger partial charge in [-0.2, -0.15) is 0 Å². The van der Waals surface area contributed by atoms with E-state index in [0.29, 0.717) is 12.2 Å². The lowest BCUT2D eigenvalue weighted by molar-refractivity contribution is -0.143. The molecule has 0 spiro atoms. The quantitative estimate of drug-likeness (QED) is 0.192. The van der Waals surface area contributed by atoms with Crippen LogP contribution >= 0.6 is 31.9 Å². The standard InChI is InChI=1S/C33H32Br2N2O3/c34-26-13-8-11-24(19-26)21-37(31(38)22-40-30-18-17-25-12-4-7-16-28(25)32(30)35)29(20-23-9-2-1-3-10-23)33(39)36-27-14-5-6-15-27/h1-4,7-13,16-19,27,29H,5-6,14-15,20-22H2,(H,36,39). The summed E-state index contributed by atoms with van der Waals surface area (Å²) in [6.07, 6.45) is 4.59. The molecule has 0 saturated heterocycles. The Morgan fingerprint density at radius 3 is 2.38 bits per heavy atom. The first kappa shape index (κ1) is 28.4. The van der Waals surface area contributed by atoms with Crippen LogP contribution in [0.3, 0.4) is 0 Å². The number of carbonyl (C=O) groups excluding carboxylic acids is 2. The highest BCUT2D eigenvalue weighted by atomic mass is 79.9. The van der Waals surface area contributed by atoms with Crippen LogP contribution in [0.5, 0.6) is 5.75 Å². The Morgan fingerprint density at radius 1 is 0.875 bits per heavy atom. The molecule has 1 aliphatic carbocycles. The van der Waals surface area contributed by atoms with Crippen LogP contribution in [-0.2, 0) is 22.6 Å². The summed E-state index contributed by atoms with van der Waals surface area (Å²) >= 11 is 7.20. The molecule has 0 bridgehead atoms. The SMILES string of the molecule is O=C(NC1CCCC1)C(Cc1ccccc1)N(Cc1cccc(Br)c1)C(=O)COc1ccc2ccccc2c1Br. The summed E-state index contributed by atoms with van der Waals surface area (Å²) in [4.78, 5) is 29.4.